The SMILES string of the molecule is CCOc1ccc(NC(=O)c2c(-c3ccccc3)oc3ccc(OCC)cc23)cc1. The number of anilines is 1. The van der Waals surface area contributed by atoms with Crippen molar-refractivity contribution in [3.05, 3.63) is 78.4 Å². The fraction of sp³-hybridized carbons (Fsp3) is 0.160. The third-order valence-electron chi connectivity index (χ3n) is 4.66. The summed E-state index contributed by atoms with van der Waals surface area (Å²) in [7, 11) is 0. The number of carbonyl (C=O) groups is 1. The Hall–Kier alpha value is -3.73. The molecule has 4 rings (SSSR count). The molecule has 0 saturated heterocycles. The molecular weight excluding hydrogens is 378 g/mol. The van der Waals surface area contributed by atoms with Crippen molar-refractivity contribution in [1.82, 2.24) is 0 Å². The standard InChI is InChI=1S/C25H23NO4/c1-3-28-19-12-10-18(11-13-19)26-25(27)23-21-16-20(29-4-2)14-15-22(21)30-24(23)17-8-6-5-7-9-17/h5-16H,3-4H2,1-2H3,(H,26,27). The highest BCUT2D eigenvalue weighted by Gasteiger charge is 2.23. The van der Waals surface area contributed by atoms with Gasteiger partial charge in [0.25, 0.3) is 5.91 Å². The molecule has 0 spiro atoms. The topological polar surface area (TPSA) is 60.7 Å². The van der Waals surface area contributed by atoms with Gasteiger partial charge in [-0.15, -0.1) is 0 Å². The van der Waals surface area contributed by atoms with Gasteiger partial charge in [0, 0.05) is 16.6 Å². The lowest BCUT2D eigenvalue weighted by atomic mass is 10.0. The molecule has 1 heterocycles. The minimum absolute atomic E-state index is 0.245. The molecule has 0 aliphatic carbocycles. The summed E-state index contributed by atoms with van der Waals surface area (Å²) in [6.07, 6.45) is 0. The molecule has 0 aliphatic heterocycles. The highest BCUT2D eigenvalue weighted by Crippen LogP contribution is 2.36. The first kappa shape index (κ1) is 19.6. The normalized spacial score (nSPS) is 10.7. The highest BCUT2D eigenvalue weighted by molar-refractivity contribution is 6.16. The number of ether oxygens (including phenoxy) is 2. The predicted octanol–water partition coefficient (Wildman–Crippen LogP) is 6.15. The maximum absolute atomic E-state index is 13.3. The molecule has 1 amide bonds. The molecule has 5 heteroatoms. The zero-order chi connectivity index (χ0) is 20.9. The van der Waals surface area contributed by atoms with Gasteiger partial charge in [0.2, 0.25) is 0 Å². The van der Waals surface area contributed by atoms with Gasteiger partial charge in [-0.05, 0) is 56.3 Å². The first-order valence-corrected chi connectivity index (χ1v) is 9.98. The summed E-state index contributed by atoms with van der Waals surface area (Å²) in [5.74, 6) is 1.74. The van der Waals surface area contributed by atoms with Crippen LogP contribution >= 0.6 is 0 Å². The Bertz CT molecular complexity index is 1150. The first-order chi connectivity index (χ1) is 14.7. The minimum atomic E-state index is -0.245. The molecule has 1 aromatic heterocycles. The molecule has 0 radical (unpaired) electrons. The maximum Gasteiger partial charge on any atom is 0.260 e. The molecule has 0 saturated carbocycles. The second kappa shape index (κ2) is 8.74. The van der Waals surface area contributed by atoms with Crippen LogP contribution in [0.1, 0.15) is 24.2 Å². The van der Waals surface area contributed by atoms with E-state index >= 15 is 0 Å². The van der Waals surface area contributed by atoms with Crippen LogP contribution in [0.25, 0.3) is 22.3 Å². The van der Waals surface area contributed by atoms with E-state index in [1.54, 1.807) is 0 Å². The summed E-state index contributed by atoms with van der Waals surface area (Å²) in [5.41, 5.74) is 2.63. The molecule has 30 heavy (non-hydrogen) atoms. The van der Waals surface area contributed by atoms with Gasteiger partial charge in [-0.3, -0.25) is 4.79 Å². The Morgan fingerprint density at radius 2 is 1.53 bits per heavy atom. The van der Waals surface area contributed by atoms with Crippen LogP contribution in [-0.2, 0) is 0 Å². The van der Waals surface area contributed by atoms with Crippen molar-refractivity contribution in [2.45, 2.75) is 13.8 Å². The molecule has 1 N–H and O–H groups in total. The van der Waals surface area contributed by atoms with E-state index in [4.69, 9.17) is 13.9 Å². The van der Waals surface area contributed by atoms with E-state index in [0.29, 0.717) is 46.9 Å². The second-order valence-corrected chi connectivity index (χ2v) is 6.67. The molecule has 0 fully saturated rings. The summed E-state index contributed by atoms with van der Waals surface area (Å²) < 4.78 is 17.2. The average molecular weight is 401 g/mol. The minimum Gasteiger partial charge on any atom is -0.494 e. The van der Waals surface area contributed by atoms with Crippen LogP contribution in [0.5, 0.6) is 11.5 Å². The molecule has 0 atom stereocenters. The van der Waals surface area contributed by atoms with Crippen LogP contribution in [0.3, 0.4) is 0 Å². The number of nitrogens with one attached hydrogen (secondary N) is 1. The highest BCUT2D eigenvalue weighted by atomic mass is 16.5. The van der Waals surface area contributed by atoms with Gasteiger partial charge < -0.3 is 19.2 Å². The van der Waals surface area contributed by atoms with Crippen LogP contribution < -0.4 is 14.8 Å². The molecule has 0 bridgehead atoms. The number of fused-ring (bicyclic) bond motifs is 1. The second-order valence-electron chi connectivity index (χ2n) is 6.67. The third kappa shape index (κ3) is 4.01. The fourth-order valence-corrected chi connectivity index (χ4v) is 3.35. The number of benzene rings is 3. The summed E-state index contributed by atoms with van der Waals surface area (Å²) >= 11 is 0. The van der Waals surface area contributed by atoms with Gasteiger partial charge in [0.15, 0.2) is 0 Å². The Balaban J connectivity index is 1.76. The van der Waals surface area contributed by atoms with Gasteiger partial charge in [-0.2, -0.15) is 0 Å². The van der Waals surface area contributed by atoms with Crippen LogP contribution in [0.15, 0.2) is 77.2 Å². The van der Waals surface area contributed by atoms with Crippen molar-refractivity contribution < 1.29 is 18.7 Å². The summed E-state index contributed by atoms with van der Waals surface area (Å²) in [5, 5.41) is 3.68. The third-order valence-corrected chi connectivity index (χ3v) is 4.66. The molecular formula is C25H23NO4. The zero-order valence-electron chi connectivity index (χ0n) is 17.0. The van der Waals surface area contributed by atoms with Crippen LogP contribution in [0.4, 0.5) is 5.69 Å². The number of carbonyl (C=O) groups excluding carboxylic acids is 1. The largest absolute Gasteiger partial charge is 0.494 e. The lowest BCUT2D eigenvalue weighted by molar-refractivity contribution is 0.102. The Kier molecular flexibility index (Phi) is 5.70. The average Bonchev–Trinajstić information content (AvgIpc) is 3.15. The predicted molar refractivity (Wildman–Crippen MR) is 118 cm³/mol. The monoisotopic (exact) mass is 401 g/mol. The van der Waals surface area contributed by atoms with E-state index < -0.39 is 0 Å². The quantitative estimate of drug-likeness (QED) is 0.403. The Morgan fingerprint density at radius 1 is 0.867 bits per heavy atom. The van der Waals surface area contributed by atoms with Crippen LogP contribution in [0.2, 0.25) is 0 Å². The van der Waals surface area contributed by atoms with Crippen LogP contribution in [-0.4, -0.2) is 19.1 Å². The van der Waals surface area contributed by atoms with Crippen LogP contribution in [0, 0.1) is 0 Å². The number of hydrogen-bond donors (Lipinski definition) is 1. The Morgan fingerprint density at radius 3 is 2.23 bits per heavy atom. The fourth-order valence-electron chi connectivity index (χ4n) is 3.35. The molecule has 4 aromatic rings. The lowest BCUT2D eigenvalue weighted by Crippen LogP contribution is -2.12. The number of furan rings is 1. The number of hydrogen-bond acceptors (Lipinski definition) is 4. The summed E-state index contributed by atoms with van der Waals surface area (Å²) in [4.78, 5) is 13.3. The lowest BCUT2D eigenvalue weighted by Gasteiger charge is -2.08. The number of amides is 1. The van der Waals surface area contributed by atoms with Crippen molar-refractivity contribution in [2.24, 2.45) is 0 Å². The van der Waals surface area contributed by atoms with Gasteiger partial charge in [0.05, 0.1) is 18.8 Å². The summed E-state index contributed by atoms with van der Waals surface area (Å²) in [6.45, 7) is 4.99. The summed E-state index contributed by atoms with van der Waals surface area (Å²) in [6, 6.07) is 22.4. The van der Waals surface area contributed by atoms with Crippen molar-refractivity contribution in [1.29, 1.82) is 0 Å². The van der Waals surface area contributed by atoms with E-state index in [2.05, 4.69) is 5.32 Å². The molecule has 3 aromatic carbocycles. The van der Waals surface area contributed by atoms with Gasteiger partial charge in [-0.1, -0.05) is 30.3 Å². The van der Waals surface area contributed by atoms with Gasteiger partial charge >= 0.3 is 0 Å². The Labute approximate surface area is 175 Å². The van der Waals surface area contributed by atoms with E-state index in [9.17, 15) is 4.79 Å². The van der Waals surface area contributed by atoms with Gasteiger partial charge in [-0.25, -0.2) is 0 Å². The van der Waals surface area contributed by atoms with E-state index in [1.807, 2.05) is 86.6 Å². The van der Waals surface area contributed by atoms with Crippen molar-refractivity contribution >= 4 is 22.6 Å². The first-order valence-electron chi connectivity index (χ1n) is 9.98. The van der Waals surface area contributed by atoms with Gasteiger partial charge in [0.1, 0.15) is 22.8 Å². The van der Waals surface area contributed by atoms with Crippen molar-refractivity contribution in [3.8, 4) is 22.8 Å². The molecule has 152 valence electrons. The smallest absolute Gasteiger partial charge is 0.260 e. The maximum atomic E-state index is 13.3. The van der Waals surface area contributed by atoms with E-state index in [-0.39, 0.29) is 5.91 Å². The van der Waals surface area contributed by atoms with Crippen molar-refractivity contribution in [3.63, 3.8) is 0 Å². The molecule has 0 unspecified atom stereocenters. The molecule has 5 nitrogen and oxygen atoms in total. The zero-order valence-corrected chi connectivity index (χ0v) is 17.0. The van der Waals surface area contributed by atoms with E-state index in [0.717, 1.165) is 11.3 Å². The van der Waals surface area contributed by atoms with E-state index in [1.165, 1.54) is 0 Å². The molecule has 0 aliphatic rings. The van der Waals surface area contributed by atoms with Crippen molar-refractivity contribution in [2.75, 3.05) is 18.5 Å². The number of rotatable bonds is 7.